The molecule has 1 aliphatic rings. The molecule has 3 aromatic rings. The van der Waals surface area contributed by atoms with Gasteiger partial charge in [-0.05, 0) is 42.0 Å². The molecule has 1 unspecified atom stereocenters. The molecular weight excluding hydrogens is 386 g/mol. The normalized spacial score (nSPS) is 16.1. The molecule has 1 saturated heterocycles. The van der Waals surface area contributed by atoms with Crippen LogP contribution in [-0.4, -0.2) is 23.7 Å². The van der Waals surface area contributed by atoms with Crippen LogP contribution in [0.25, 0.3) is 0 Å². The van der Waals surface area contributed by atoms with Gasteiger partial charge in [0.05, 0.1) is 6.61 Å². The number of carbonyl (C=O) groups excluding carboxylic acids is 1. The Labute approximate surface area is 184 Å². The molecule has 0 saturated carbocycles. The van der Waals surface area contributed by atoms with E-state index in [0.717, 1.165) is 42.6 Å². The SMILES string of the molecule is O=C(c1ccccc1COC1CCCCO1)N(Cc1ccccc1)Cc1ccccc1. The molecule has 3 aromatic carbocycles. The fourth-order valence-corrected chi connectivity index (χ4v) is 3.86. The third-order valence-electron chi connectivity index (χ3n) is 5.53. The largest absolute Gasteiger partial charge is 0.353 e. The molecule has 1 fully saturated rings. The molecule has 1 atom stereocenters. The summed E-state index contributed by atoms with van der Waals surface area (Å²) in [5.74, 6) is 0.0106. The van der Waals surface area contributed by atoms with Crippen molar-refractivity contribution in [3.63, 3.8) is 0 Å². The Morgan fingerprint density at radius 3 is 2.06 bits per heavy atom. The van der Waals surface area contributed by atoms with Crippen molar-refractivity contribution < 1.29 is 14.3 Å². The molecule has 0 bridgehead atoms. The minimum absolute atomic E-state index is 0.0106. The Bertz CT molecular complexity index is 911. The number of hydrogen-bond acceptors (Lipinski definition) is 3. The highest BCUT2D eigenvalue weighted by Gasteiger charge is 2.21. The molecule has 31 heavy (non-hydrogen) atoms. The van der Waals surface area contributed by atoms with E-state index in [1.165, 1.54) is 0 Å². The van der Waals surface area contributed by atoms with Crippen molar-refractivity contribution in [1.82, 2.24) is 4.90 Å². The molecule has 4 heteroatoms. The molecule has 0 aliphatic carbocycles. The van der Waals surface area contributed by atoms with Crippen LogP contribution in [0.2, 0.25) is 0 Å². The number of carbonyl (C=O) groups is 1. The molecule has 160 valence electrons. The quantitative estimate of drug-likeness (QED) is 0.483. The van der Waals surface area contributed by atoms with E-state index in [1.54, 1.807) is 0 Å². The molecule has 0 N–H and O–H groups in total. The zero-order chi connectivity index (χ0) is 21.3. The predicted octanol–water partition coefficient (Wildman–Crippen LogP) is 5.57. The smallest absolute Gasteiger partial charge is 0.254 e. The van der Waals surface area contributed by atoms with Gasteiger partial charge in [0.25, 0.3) is 5.91 Å². The van der Waals surface area contributed by atoms with Gasteiger partial charge in [0, 0.05) is 25.3 Å². The van der Waals surface area contributed by atoms with Crippen molar-refractivity contribution in [3.8, 4) is 0 Å². The Balaban J connectivity index is 1.54. The third-order valence-corrected chi connectivity index (χ3v) is 5.53. The number of rotatable bonds is 8. The van der Waals surface area contributed by atoms with Crippen molar-refractivity contribution in [2.45, 2.75) is 45.2 Å². The van der Waals surface area contributed by atoms with Crippen molar-refractivity contribution in [1.29, 1.82) is 0 Å². The molecule has 0 spiro atoms. The maximum Gasteiger partial charge on any atom is 0.254 e. The van der Waals surface area contributed by atoms with Crippen LogP contribution in [0.1, 0.15) is 46.3 Å². The molecule has 1 amide bonds. The number of ether oxygens (including phenoxy) is 2. The number of nitrogens with zero attached hydrogens (tertiary/aromatic N) is 1. The first-order valence-corrected chi connectivity index (χ1v) is 11.0. The zero-order valence-corrected chi connectivity index (χ0v) is 17.8. The van der Waals surface area contributed by atoms with Gasteiger partial charge < -0.3 is 14.4 Å². The van der Waals surface area contributed by atoms with Crippen LogP contribution in [0.15, 0.2) is 84.9 Å². The van der Waals surface area contributed by atoms with Gasteiger partial charge in [0.2, 0.25) is 0 Å². The molecule has 0 aromatic heterocycles. The highest BCUT2D eigenvalue weighted by Crippen LogP contribution is 2.20. The second kappa shape index (κ2) is 10.9. The topological polar surface area (TPSA) is 38.8 Å². The number of hydrogen-bond donors (Lipinski definition) is 0. The standard InChI is InChI=1S/C27H29NO3/c29-27(25-16-8-7-15-24(25)21-31-26-17-9-10-18-30-26)28(19-22-11-3-1-4-12-22)20-23-13-5-2-6-14-23/h1-8,11-16,26H,9-10,17-21H2. The molecular formula is C27H29NO3. The molecule has 0 radical (unpaired) electrons. The lowest BCUT2D eigenvalue weighted by atomic mass is 10.1. The monoisotopic (exact) mass is 415 g/mol. The van der Waals surface area contributed by atoms with E-state index in [4.69, 9.17) is 9.47 Å². The Kier molecular flexibility index (Phi) is 7.48. The third kappa shape index (κ3) is 6.03. The van der Waals surface area contributed by atoms with Gasteiger partial charge in [-0.15, -0.1) is 0 Å². The fourth-order valence-electron chi connectivity index (χ4n) is 3.86. The summed E-state index contributed by atoms with van der Waals surface area (Å²) < 4.78 is 11.7. The molecule has 1 heterocycles. The minimum atomic E-state index is -0.179. The first kappa shape index (κ1) is 21.3. The van der Waals surface area contributed by atoms with Crippen LogP contribution in [0, 0.1) is 0 Å². The summed E-state index contributed by atoms with van der Waals surface area (Å²) in [4.78, 5) is 15.6. The van der Waals surface area contributed by atoms with Gasteiger partial charge in [-0.2, -0.15) is 0 Å². The minimum Gasteiger partial charge on any atom is -0.353 e. The lowest BCUT2D eigenvalue weighted by molar-refractivity contribution is -0.169. The van der Waals surface area contributed by atoms with E-state index in [2.05, 4.69) is 24.3 Å². The fraction of sp³-hybridized carbons (Fsp3) is 0.296. The summed E-state index contributed by atoms with van der Waals surface area (Å²) in [5, 5.41) is 0. The summed E-state index contributed by atoms with van der Waals surface area (Å²) in [5.41, 5.74) is 3.80. The van der Waals surface area contributed by atoms with Crippen LogP contribution < -0.4 is 0 Å². The lowest BCUT2D eigenvalue weighted by Gasteiger charge is -2.26. The van der Waals surface area contributed by atoms with Crippen LogP contribution in [0.3, 0.4) is 0 Å². The average Bonchev–Trinajstić information content (AvgIpc) is 2.84. The molecule has 1 aliphatic heterocycles. The average molecular weight is 416 g/mol. The molecule has 4 nitrogen and oxygen atoms in total. The maximum atomic E-state index is 13.7. The van der Waals surface area contributed by atoms with Gasteiger partial charge in [-0.1, -0.05) is 78.9 Å². The Morgan fingerprint density at radius 1 is 0.839 bits per heavy atom. The van der Waals surface area contributed by atoms with Gasteiger partial charge in [-0.3, -0.25) is 4.79 Å². The predicted molar refractivity (Wildman–Crippen MR) is 121 cm³/mol. The van der Waals surface area contributed by atoms with Crippen molar-refractivity contribution in [3.05, 3.63) is 107 Å². The summed E-state index contributed by atoms with van der Waals surface area (Å²) in [6.45, 7) is 2.22. The van der Waals surface area contributed by atoms with E-state index in [9.17, 15) is 4.79 Å². The van der Waals surface area contributed by atoms with Gasteiger partial charge in [0.15, 0.2) is 6.29 Å². The van der Waals surface area contributed by atoms with Crippen molar-refractivity contribution >= 4 is 5.91 Å². The maximum absolute atomic E-state index is 13.7. The number of benzene rings is 3. The van der Waals surface area contributed by atoms with E-state index in [-0.39, 0.29) is 12.2 Å². The second-order valence-electron chi connectivity index (χ2n) is 7.90. The van der Waals surface area contributed by atoms with Crippen LogP contribution >= 0.6 is 0 Å². The van der Waals surface area contributed by atoms with Crippen molar-refractivity contribution in [2.24, 2.45) is 0 Å². The van der Waals surface area contributed by atoms with E-state index < -0.39 is 0 Å². The summed E-state index contributed by atoms with van der Waals surface area (Å²) in [6, 6.07) is 28.0. The first-order chi connectivity index (χ1) is 15.3. The second-order valence-corrected chi connectivity index (χ2v) is 7.90. The lowest BCUT2D eigenvalue weighted by Crippen LogP contribution is -2.31. The highest BCUT2D eigenvalue weighted by molar-refractivity contribution is 5.95. The zero-order valence-electron chi connectivity index (χ0n) is 17.8. The summed E-state index contributed by atoms with van der Waals surface area (Å²) >= 11 is 0. The Hall–Kier alpha value is -2.95. The van der Waals surface area contributed by atoms with E-state index >= 15 is 0 Å². The van der Waals surface area contributed by atoms with E-state index in [1.807, 2.05) is 65.6 Å². The number of amides is 1. The van der Waals surface area contributed by atoms with Crippen LogP contribution in [-0.2, 0) is 29.2 Å². The molecule has 4 rings (SSSR count). The highest BCUT2D eigenvalue weighted by atomic mass is 16.7. The first-order valence-electron chi connectivity index (χ1n) is 11.0. The van der Waals surface area contributed by atoms with Gasteiger partial charge in [-0.25, -0.2) is 0 Å². The Morgan fingerprint density at radius 2 is 1.45 bits per heavy atom. The van der Waals surface area contributed by atoms with Gasteiger partial charge in [0.1, 0.15) is 0 Å². The summed E-state index contributed by atoms with van der Waals surface area (Å²) in [7, 11) is 0. The van der Waals surface area contributed by atoms with Crippen LogP contribution in [0.5, 0.6) is 0 Å². The van der Waals surface area contributed by atoms with Gasteiger partial charge >= 0.3 is 0 Å². The summed E-state index contributed by atoms with van der Waals surface area (Å²) in [6.07, 6.45) is 2.93. The van der Waals surface area contributed by atoms with Crippen molar-refractivity contribution in [2.75, 3.05) is 6.61 Å². The van der Waals surface area contributed by atoms with Crippen LogP contribution in [0.4, 0.5) is 0 Å². The van der Waals surface area contributed by atoms with E-state index in [0.29, 0.717) is 25.3 Å².